The third-order valence-electron chi connectivity index (χ3n) is 4.41. The minimum absolute atomic E-state index is 0.0379. The van der Waals surface area contributed by atoms with Crippen LogP contribution in [0.3, 0.4) is 0 Å². The summed E-state index contributed by atoms with van der Waals surface area (Å²) >= 11 is 0. The summed E-state index contributed by atoms with van der Waals surface area (Å²) in [6, 6.07) is 13.9. The number of nitrogens with zero attached hydrogens (tertiary/aromatic N) is 1. The predicted octanol–water partition coefficient (Wildman–Crippen LogP) is 1.08. The molecule has 29 heavy (non-hydrogen) atoms. The number of ether oxygens (including phenoxy) is 2. The molecule has 0 unspecified atom stereocenters. The minimum atomic E-state index is -0.831. The van der Waals surface area contributed by atoms with Crippen molar-refractivity contribution >= 4 is 23.7 Å². The Morgan fingerprint density at radius 1 is 1.10 bits per heavy atom. The van der Waals surface area contributed by atoms with Crippen molar-refractivity contribution < 1.29 is 28.7 Å². The number of rotatable bonds is 7. The van der Waals surface area contributed by atoms with Gasteiger partial charge in [-0.15, -0.1) is 0 Å². The first kappa shape index (κ1) is 20.1. The number of hydrogen-bond donors (Lipinski definition) is 1. The standard InChI is InChI=1S/C21H20N2O6/c1-28-16-7-4-5-14(9-16)11-22-18(24)13-29-20(26)12-23-19(25)10-15-6-2-3-8-17(15)21(23)27/h2-9H,10-13H2,1H3,(H,22,24). The number of carbonyl (C=O) groups is 4. The lowest BCUT2D eigenvalue weighted by molar-refractivity contribution is -0.151. The van der Waals surface area contributed by atoms with Gasteiger partial charge in [0.05, 0.1) is 13.5 Å². The molecule has 3 amide bonds. The van der Waals surface area contributed by atoms with Crippen molar-refractivity contribution in [3.8, 4) is 5.75 Å². The number of imide groups is 1. The Labute approximate surface area is 167 Å². The van der Waals surface area contributed by atoms with Gasteiger partial charge in [-0.1, -0.05) is 30.3 Å². The van der Waals surface area contributed by atoms with Crippen LogP contribution in [0, 0.1) is 0 Å². The molecule has 150 valence electrons. The van der Waals surface area contributed by atoms with Crippen LogP contribution in [-0.4, -0.2) is 48.9 Å². The number of amides is 3. The zero-order valence-corrected chi connectivity index (χ0v) is 15.8. The molecule has 1 aliphatic rings. The van der Waals surface area contributed by atoms with E-state index < -0.39 is 36.8 Å². The van der Waals surface area contributed by atoms with E-state index in [4.69, 9.17) is 9.47 Å². The highest BCUT2D eigenvalue weighted by Gasteiger charge is 2.32. The fourth-order valence-electron chi connectivity index (χ4n) is 2.91. The van der Waals surface area contributed by atoms with Crippen LogP contribution < -0.4 is 10.1 Å². The van der Waals surface area contributed by atoms with Crippen LogP contribution in [0.2, 0.25) is 0 Å². The molecule has 0 saturated carbocycles. The first-order valence-electron chi connectivity index (χ1n) is 8.96. The molecule has 0 radical (unpaired) electrons. The van der Waals surface area contributed by atoms with Gasteiger partial charge in [-0.3, -0.25) is 24.1 Å². The molecule has 0 aliphatic carbocycles. The average molecular weight is 396 g/mol. The van der Waals surface area contributed by atoms with E-state index in [1.165, 1.54) is 0 Å². The molecule has 8 nitrogen and oxygen atoms in total. The highest BCUT2D eigenvalue weighted by molar-refractivity contribution is 6.11. The lowest BCUT2D eigenvalue weighted by Gasteiger charge is -2.25. The molecule has 1 N–H and O–H groups in total. The van der Waals surface area contributed by atoms with E-state index in [9.17, 15) is 19.2 Å². The molecule has 2 aromatic rings. The second-order valence-corrected chi connectivity index (χ2v) is 6.41. The molecule has 0 atom stereocenters. The van der Waals surface area contributed by atoms with Crippen molar-refractivity contribution in [1.29, 1.82) is 0 Å². The second-order valence-electron chi connectivity index (χ2n) is 6.41. The number of esters is 1. The molecule has 8 heteroatoms. The van der Waals surface area contributed by atoms with Gasteiger partial charge in [0.2, 0.25) is 5.91 Å². The summed E-state index contributed by atoms with van der Waals surface area (Å²) in [6.07, 6.45) is 0.0379. The zero-order chi connectivity index (χ0) is 20.8. The van der Waals surface area contributed by atoms with Crippen LogP contribution in [0.1, 0.15) is 21.5 Å². The Morgan fingerprint density at radius 3 is 2.69 bits per heavy atom. The summed E-state index contributed by atoms with van der Waals surface area (Å²) in [5.74, 6) is -1.68. The monoisotopic (exact) mass is 396 g/mol. The van der Waals surface area contributed by atoms with Crippen LogP contribution in [-0.2, 0) is 32.1 Å². The molecule has 0 bridgehead atoms. The van der Waals surface area contributed by atoms with Crippen molar-refractivity contribution in [2.24, 2.45) is 0 Å². The smallest absolute Gasteiger partial charge is 0.326 e. The normalized spacial score (nSPS) is 12.9. The van der Waals surface area contributed by atoms with Gasteiger partial charge in [0.1, 0.15) is 12.3 Å². The van der Waals surface area contributed by atoms with Gasteiger partial charge in [-0.25, -0.2) is 0 Å². The van der Waals surface area contributed by atoms with E-state index in [-0.39, 0.29) is 13.0 Å². The summed E-state index contributed by atoms with van der Waals surface area (Å²) in [4.78, 5) is 49.3. The van der Waals surface area contributed by atoms with Crippen molar-refractivity contribution in [2.45, 2.75) is 13.0 Å². The van der Waals surface area contributed by atoms with Gasteiger partial charge < -0.3 is 14.8 Å². The quantitative estimate of drug-likeness (QED) is 0.555. The summed E-state index contributed by atoms with van der Waals surface area (Å²) in [5, 5.41) is 2.62. The predicted molar refractivity (Wildman–Crippen MR) is 102 cm³/mol. The van der Waals surface area contributed by atoms with Crippen LogP contribution in [0.15, 0.2) is 48.5 Å². The third kappa shape index (κ3) is 4.98. The van der Waals surface area contributed by atoms with Crippen molar-refractivity contribution in [1.82, 2.24) is 10.2 Å². The van der Waals surface area contributed by atoms with Crippen LogP contribution in [0.4, 0.5) is 0 Å². The highest BCUT2D eigenvalue weighted by Crippen LogP contribution is 2.19. The van der Waals surface area contributed by atoms with Gasteiger partial charge in [0.25, 0.3) is 11.8 Å². The van der Waals surface area contributed by atoms with Gasteiger partial charge in [0, 0.05) is 12.1 Å². The van der Waals surface area contributed by atoms with Crippen LogP contribution in [0.5, 0.6) is 5.75 Å². The number of methoxy groups -OCH3 is 1. The van der Waals surface area contributed by atoms with E-state index in [1.54, 1.807) is 49.6 Å². The van der Waals surface area contributed by atoms with E-state index in [1.807, 2.05) is 6.07 Å². The maximum atomic E-state index is 12.4. The minimum Gasteiger partial charge on any atom is -0.497 e. The van der Waals surface area contributed by atoms with Crippen molar-refractivity contribution in [3.63, 3.8) is 0 Å². The third-order valence-corrected chi connectivity index (χ3v) is 4.41. The average Bonchev–Trinajstić information content (AvgIpc) is 2.74. The van der Waals surface area contributed by atoms with Gasteiger partial charge >= 0.3 is 5.97 Å². The lowest BCUT2D eigenvalue weighted by atomic mass is 9.98. The molecule has 2 aromatic carbocycles. The molecule has 0 spiro atoms. The van der Waals surface area contributed by atoms with Crippen LogP contribution >= 0.6 is 0 Å². The van der Waals surface area contributed by atoms with Gasteiger partial charge in [-0.2, -0.15) is 0 Å². The molecule has 1 heterocycles. The fraction of sp³-hybridized carbons (Fsp3) is 0.238. The largest absolute Gasteiger partial charge is 0.497 e. The summed E-state index contributed by atoms with van der Waals surface area (Å²) < 4.78 is 10.0. The number of fused-ring (bicyclic) bond motifs is 1. The SMILES string of the molecule is COc1cccc(CNC(=O)COC(=O)CN2C(=O)Cc3ccccc3C2=O)c1. The zero-order valence-electron chi connectivity index (χ0n) is 15.8. The van der Waals surface area contributed by atoms with E-state index in [0.29, 0.717) is 16.9 Å². The maximum absolute atomic E-state index is 12.4. The Bertz CT molecular complexity index is 956. The molecule has 0 fully saturated rings. The van der Waals surface area contributed by atoms with E-state index in [0.717, 1.165) is 10.5 Å². The Hall–Kier alpha value is -3.68. The Kier molecular flexibility index (Phi) is 6.23. The fourth-order valence-corrected chi connectivity index (χ4v) is 2.91. The van der Waals surface area contributed by atoms with Crippen LogP contribution in [0.25, 0.3) is 0 Å². The number of nitrogens with one attached hydrogen (secondary N) is 1. The molecule has 0 aromatic heterocycles. The number of hydrogen-bond acceptors (Lipinski definition) is 6. The molecular formula is C21H20N2O6. The van der Waals surface area contributed by atoms with Gasteiger partial charge in [-0.05, 0) is 29.3 Å². The first-order chi connectivity index (χ1) is 14.0. The Balaban J connectivity index is 1.47. The maximum Gasteiger partial charge on any atom is 0.326 e. The van der Waals surface area contributed by atoms with E-state index in [2.05, 4.69) is 5.32 Å². The lowest BCUT2D eigenvalue weighted by Crippen LogP contribution is -2.45. The summed E-state index contributed by atoms with van der Waals surface area (Å²) in [6.45, 7) is -0.793. The topological polar surface area (TPSA) is 102 Å². The molecular weight excluding hydrogens is 376 g/mol. The van der Waals surface area contributed by atoms with Crippen molar-refractivity contribution in [3.05, 3.63) is 65.2 Å². The molecule has 0 saturated heterocycles. The number of benzene rings is 2. The molecule has 3 rings (SSSR count). The summed E-state index contributed by atoms with van der Waals surface area (Å²) in [5.41, 5.74) is 1.84. The second kappa shape index (κ2) is 9.01. The Morgan fingerprint density at radius 2 is 1.90 bits per heavy atom. The van der Waals surface area contributed by atoms with E-state index >= 15 is 0 Å². The first-order valence-corrected chi connectivity index (χ1v) is 8.96. The van der Waals surface area contributed by atoms with Gasteiger partial charge in [0.15, 0.2) is 6.61 Å². The highest BCUT2D eigenvalue weighted by atomic mass is 16.5. The molecule has 1 aliphatic heterocycles. The summed E-state index contributed by atoms with van der Waals surface area (Å²) in [7, 11) is 1.55. The van der Waals surface area contributed by atoms with Crippen molar-refractivity contribution in [2.75, 3.05) is 20.3 Å². The number of carbonyl (C=O) groups excluding carboxylic acids is 4.